The van der Waals surface area contributed by atoms with Crippen LogP contribution in [0.1, 0.15) is 33.3 Å². The van der Waals surface area contributed by atoms with Crippen LogP contribution in [-0.4, -0.2) is 30.5 Å². The van der Waals surface area contributed by atoms with Crippen molar-refractivity contribution in [3.05, 3.63) is 22.2 Å². The van der Waals surface area contributed by atoms with Crippen molar-refractivity contribution in [2.45, 2.75) is 39.8 Å². The molecule has 0 fully saturated rings. The van der Waals surface area contributed by atoms with Crippen molar-refractivity contribution in [1.82, 2.24) is 5.32 Å². The fraction of sp³-hybridized carbons (Fsp3) is 0.600. The maximum atomic E-state index is 9.26. The summed E-state index contributed by atoms with van der Waals surface area (Å²) in [7, 11) is 0. The molecular formula is C15H25BrClNO3. The van der Waals surface area contributed by atoms with Crippen LogP contribution in [0.4, 0.5) is 0 Å². The maximum absolute atomic E-state index is 9.26. The zero-order chi connectivity index (χ0) is 15.2. The largest absolute Gasteiger partial charge is 0.490 e. The molecule has 0 heterocycles. The van der Waals surface area contributed by atoms with E-state index in [1.807, 2.05) is 39.8 Å². The third-order valence-electron chi connectivity index (χ3n) is 2.82. The number of hydrogen-bond acceptors (Lipinski definition) is 4. The Morgan fingerprint density at radius 3 is 2.33 bits per heavy atom. The van der Waals surface area contributed by atoms with E-state index in [9.17, 15) is 5.11 Å². The first-order valence-electron chi connectivity index (χ1n) is 6.87. The molecule has 0 radical (unpaired) electrons. The van der Waals surface area contributed by atoms with E-state index in [4.69, 9.17) is 9.47 Å². The molecule has 122 valence electrons. The van der Waals surface area contributed by atoms with Crippen LogP contribution in [0.15, 0.2) is 16.6 Å². The minimum Gasteiger partial charge on any atom is -0.490 e. The monoisotopic (exact) mass is 381 g/mol. The van der Waals surface area contributed by atoms with Crippen LogP contribution < -0.4 is 14.8 Å². The zero-order valence-corrected chi connectivity index (χ0v) is 15.4. The SMILES string of the molecule is CCOc1cc(CNC(C)(C)CO)cc(Br)c1OCC.Cl. The maximum Gasteiger partial charge on any atom is 0.175 e. The average Bonchev–Trinajstić information content (AvgIpc) is 2.41. The molecule has 0 amide bonds. The van der Waals surface area contributed by atoms with E-state index in [1.54, 1.807) is 0 Å². The zero-order valence-electron chi connectivity index (χ0n) is 13.0. The molecule has 0 atom stereocenters. The van der Waals surface area contributed by atoms with Gasteiger partial charge in [0.25, 0.3) is 0 Å². The van der Waals surface area contributed by atoms with E-state index in [1.165, 1.54) is 0 Å². The molecule has 0 saturated carbocycles. The molecule has 0 spiro atoms. The predicted octanol–water partition coefficient (Wildman–Crippen LogP) is 3.53. The standard InChI is InChI=1S/C15H24BrNO3.ClH/c1-5-19-13-8-11(9-17-15(3,4)10-18)7-12(16)14(13)20-6-2;/h7-8,17-18H,5-6,9-10H2,1-4H3;1H. The molecule has 1 rings (SSSR count). The second-order valence-corrected chi connectivity index (χ2v) is 6.02. The first-order valence-corrected chi connectivity index (χ1v) is 7.66. The highest BCUT2D eigenvalue weighted by Crippen LogP contribution is 2.37. The molecule has 0 saturated heterocycles. The van der Waals surface area contributed by atoms with Crippen molar-refractivity contribution in [2.75, 3.05) is 19.8 Å². The summed E-state index contributed by atoms with van der Waals surface area (Å²) in [5, 5.41) is 12.6. The predicted molar refractivity (Wildman–Crippen MR) is 91.7 cm³/mol. The van der Waals surface area contributed by atoms with Crippen molar-refractivity contribution in [3.63, 3.8) is 0 Å². The molecular weight excluding hydrogens is 358 g/mol. The summed E-state index contributed by atoms with van der Waals surface area (Å²) in [4.78, 5) is 0. The minimum absolute atomic E-state index is 0. The van der Waals surface area contributed by atoms with Gasteiger partial charge in [-0.3, -0.25) is 0 Å². The van der Waals surface area contributed by atoms with Gasteiger partial charge in [-0.15, -0.1) is 12.4 Å². The summed E-state index contributed by atoms with van der Waals surface area (Å²) in [6.07, 6.45) is 0. The van der Waals surface area contributed by atoms with E-state index >= 15 is 0 Å². The van der Waals surface area contributed by atoms with Gasteiger partial charge in [-0.25, -0.2) is 0 Å². The Morgan fingerprint density at radius 1 is 1.19 bits per heavy atom. The first-order chi connectivity index (χ1) is 9.43. The molecule has 0 bridgehead atoms. The van der Waals surface area contributed by atoms with Gasteiger partial charge in [0, 0.05) is 12.1 Å². The lowest BCUT2D eigenvalue weighted by molar-refractivity contribution is 0.187. The third-order valence-corrected chi connectivity index (χ3v) is 3.41. The van der Waals surface area contributed by atoms with E-state index in [2.05, 4.69) is 21.2 Å². The summed E-state index contributed by atoms with van der Waals surface area (Å²) < 4.78 is 12.1. The van der Waals surface area contributed by atoms with Gasteiger partial charge in [0.1, 0.15) is 0 Å². The van der Waals surface area contributed by atoms with Crippen LogP contribution in [0.5, 0.6) is 11.5 Å². The number of ether oxygens (including phenoxy) is 2. The van der Waals surface area contributed by atoms with Gasteiger partial charge >= 0.3 is 0 Å². The van der Waals surface area contributed by atoms with Crippen LogP contribution in [0, 0.1) is 0 Å². The average molecular weight is 383 g/mol. The van der Waals surface area contributed by atoms with Crippen molar-refractivity contribution in [3.8, 4) is 11.5 Å². The lowest BCUT2D eigenvalue weighted by Crippen LogP contribution is -2.42. The number of benzene rings is 1. The van der Waals surface area contributed by atoms with Crippen LogP contribution >= 0.6 is 28.3 Å². The molecule has 4 nitrogen and oxygen atoms in total. The van der Waals surface area contributed by atoms with Gasteiger partial charge < -0.3 is 19.9 Å². The number of aliphatic hydroxyl groups is 1. The first kappa shape index (κ1) is 20.5. The summed E-state index contributed by atoms with van der Waals surface area (Å²) in [6, 6.07) is 3.98. The Morgan fingerprint density at radius 2 is 1.81 bits per heavy atom. The Hall–Kier alpha value is -0.490. The highest BCUT2D eigenvalue weighted by atomic mass is 79.9. The van der Waals surface area contributed by atoms with Gasteiger partial charge in [-0.05, 0) is 61.3 Å². The van der Waals surface area contributed by atoms with E-state index in [0.29, 0.717) is 19.8 Å². The number of rotatable bonds is 8. The summed E-state index contributed by atoms with van der Waals surface area (Å²) in [5.41, 5.74) is 0.766. The van der Waals surface area contributed by atoms with Crippen molar-refractivity contribution < 1.29 is 14.6 Å². The van der Waals surface area contributed by atoms with Crippen LogP contribution in [-0.2, 0) is 6.54 Å². The molecule has 0 unspecified atom stereocenters. The Kier molecular flexibility index (Phi) is 9.29. The number of nitrogens with one attached hydrogen (secondary N) is 1. The highest BCUT2D eigenvalue weighted by Gasteiger charge is 2.17. The quantitative estimate of drug-likeness (QED) is 0.722. The Labute approximate surface area is 141 Å². The van der Waals surface area contributed by atoms with Gasteiger partial charge in [-0.1, -0.05) is 0 Å². The molecule has 0 aliphatic rings. The second-order valence-electron chi connectivity index (χ2n) is 5.17. The summed E-state index contributed by atoms with van der Waals surface area (Å²) >= 11 is 3.52. The smallest absolute Gasteiger partial charge is 0.175 e. The van der Waals surface area contributed by atoms with Gasteiger partial charge in [0.2, 0.25) is 0 Å². The topological polar surface area (TPSA) is 50.7 Å². The molecule has 1 aromatic carbocycles. The normalized spacial score (nSPS) is 11.0. The minimum atomic E-state index is -0.309. The van der Waals surface area contributed by atoms with Crippen LogP contribution in [0.2, 0.25) is 0 Å². The molecule has 2 N–H and O–H groups in total. The van der Waals surface area contributed by atoms with Crippen LogP contribution in [0.3, 0.4) is 0 Å². The number of halogens is 2. The van der Waals surface area contributed by atoms with Crippen LogP contribution in [0.25, 0.3) is 0 Å². The fourth-order valence-electron chi connectivity index (χ4n) is 1.67. The summed E-state index contributed by atoms with van der Waals surface area (Å²) in [5.74, 6) is 1.47. The van der Waals surface area contributed by atoms with E-state index in [-0.39, 0.29) is 24.6 Å². The lowest BCUT2D eigenvalue weighted by atomic mass is 10.1. The van der Waals surface area contributed by atoms with Gasteiger partial charge in [-0.2, -0.15) is 0 Å². The second kappa shape index (κ2) is 9.51. The van der Waals surface area contributed by atoms with E-state index in [0.717, 1.165) is 21.5 Å². The Bertz CT molecular complexity index is 441. The third kappa shape index (κ3) is 6.43. The number of aliphatic hydroxyl groups excluding tert-OH is 1. The summed E-state index contributed by atoms with van der Waals surface area (Å²) in [6.45, 7) is 9.73. The molecule has 21 heavy (non-hydrogen) atoms. The number of hydrogen-bond donors (Lipinski definition) is 2. The molecule has 0 aliphatic heterocycles. The van der Waals surface area contributed by atoms with Crippen molar-refractivity contribution >= 4 is 28.3 Å². The molecule has 1 aromatic rings. The van der Waals surface area contributed by atoms with Crippen molar-refractivity contribution in [2.24, 2.45) is 0 Å². The van der Waals surface area contributed by atoms with Crippen molar-refractivity contribution in [1.29, 1.82) is 0 Å². The molecule has 0 aliphatic carbocycles. The van der Waals surface area contributed by atoms with Gasteiger partial charge in [0.15, 0.2) is 11.5 Å². The lowest BCUT2D eigenvalue weighted by Gasteiger charge is -2.24. The molecule has 0 aromatic heterocycles. The van der Waals surface area contributed by atoms with Gasteiger partial charge in [0.05, 0.1) is 24.3 Å². The van der Waals surface area contributed by atoms with E-state index < -0.39 is 0 Å². The Balaban J connectivity index is 0.00000400. The highest BCUT2D eigenvalue weighted by molar-refractivity contribution is 9.10. The molecule has 6 heteroatoms. The fourth-order valence-corrected chi connectivity index (χ4v) is 2.27.